The first-order valence-electron chi connectivity index (χ1n) is 7.76. The van der Waals surface area contributed by atoms with Crippen LogP contribution in [0, 0.1) is 5.41 Å². The van der Waals surface area contributed by atoms with Crippen molar-refractivity contribution in [2.24, 2.45) is 5.41 Å². The van der Waals surface area contributed by atoms with Crippen LogP contribution in [-0.4, -0.2) is 28.0 Å². The number of benzene rings is 1. The van der Waals surface area contributed by atoms with E-state index >= 15 is 0 Å². The van der Waals surface area contributed by atoms with Gasteiger partial charge in [0.1, 0.15) is 0 Å². The van der Waals surface area contributed by atoms with Gasteiger partial charge in [0.05, 0.1) is 12.3 Å². The molecule has 0 amide bonds. The van der Waals surface area contributed by atoms with E-state index in [4.69, 9.17) is 0 Å². The zero-order valence-corrected chi connectivity index (χ0v) is 12.3. The smallest absolute Gasteiger partial charge is 0.0666 e. The molecule has 1 aromatic carbocycles. The van der Waals surface area contributed by atoms with Gasteiger partial charge in [-0.15, -0.1) is 0 Å². The molecule has 1 fully saturated rings. The number of nitrogens with zero attached hydrogens (tertiary/aromatic N) is 2. The van der Waals surface area contributed by atoms with Gasteiger partial charge in [-0.3, -0.25) is 0 Å². The molecule has 1 heterocycles. The predicted molar refractivity (Wildman–Crippen MR) is 84.7 cm³/mol. The fourth-order valence-corrected chi connectivity index (χ4v) is 3.16. The van der Waals surface area contributed by atoms with Gasteiger partial charge in [0, 0.05) is 30.0 Å². The molecule has 112 valence electrons. The normalized spacial score (nSPS) is 17.6. The summed E-state index contributed by atoms with van der Waals surface area (Å²) in [6, 6.07) is 10.2. The van der Waals surface area contributed by atoms with Crippen molar-refractivity contribution in [1.29, 1.82) is 0 Å². The number of aliphatic hydroxyl groups is 1. The average Bonchev–Trinajstić information content (AvgIpc) is 3.09. The first-order valence-corrected chi connectivity index (χ1v) is 7.76. The lowest BCUT2D eigenvalue weighted by Gasteiger charge is -2.36. The summed E-state index contributed by atoms with van der Waals surface area (Å²) in [7, 11) is 0. The molecule has 0 bridgehead atoms. The van der Waals surface area contributed by atoms with Crippen molar-refractivity contribution in [2.45, 2.75) is 32.1 Å². The fraction of sp³-hybridized carbons (Fsp3) is 0.471. The molecule has 0 spiro atoms. The maximum absolute atomic E-state index is 9.77. The van der Waals surface area contributed by atoms with Gasteiger partial charge in [0.25, 0.3) is 0 Å². The van der Waals surface area contributed by atoms with Gasteiger partial charge < -0.3 is 10.4 Å². The standard InChI is InChI=1S/C17H23N3O/c21-14-17(8-2-1-3-9-17)13-18-15-6-4-7-16(12-15)20-11-5-10-19-20/h4-7,10-12,18,21H,1-3,8-9,13-14H2. The van der Waals surface area contributed by atoms with Crippen molar-refractivity contribution >= 4 is 5.69 Å². The summed E-state index contributed by atoms with van der Waals surface area (Å²) in [4.78, 5) is 0. The molecule has 2 N–H and O–H groups in total. The molecule has 0 unspecified atom stereocenters. The second-order valence-electron chi connectivity index (χ2n) is 6.07. The highest BCUT2D eigenvalue weighted by Gasteiger charge is 2.31. The highest BCUT2D eigenvalue weighted by molar-refractivity contribution is 5.51. The highest BCUT2D eigenvalue weighted by Crippen LogP contribution is 2.36. The average molecular weight is 285 g/mol. The fourth-order valence-electron chi connectivity index (χ4n) is 3.16. The molecule has 0 saturated heterocycles. The Bertz CT molecular complexity index is 559. The number of rotatable bonds is 5. The van der Waals surface area contributed by atoms with Crippen molar-refractivity contribution in [3.05, 3.63) is 42.7 Å². The monoisotopic (exact) mass is 285 g/mol. The third-order valence-corrected chi connectivity index (χ3v) is 4.53. The lowest BCUT2D eigenvalue weighted by atomic mass is 9.74. The molecule has 2 aromatic rings. The summed E-state index contributed by atoms with van der Waals surface area (Å²) in [5.74, 6) is 0. The zero-order chi connectivity index (χ0) is 14.5. The van der Waals surface area contributed by atoms with Crippen LogP contribution in [0.4, 0.5) is 5.69 Å². The second-order valence-corrected chi connectivity index (χ2v) is 6.07. The van der Waals surface area contributed by atoms with Crippen LogP contribution in [0.2, 0.25) is 0 Å². The second kappa shape index (κ2) is 6.31. The molecule has 1 saturated carbocycles. The Hall–Kier alpha value is -1.81. The number of aromatic nitrogens is 2. The summed E-state index contributed by atoms with van der Waals surface area (Å²) < 4.78 is 1.85. The highest BCUT2D eigenvalue weighted by atomic mass is 16.3. The van der Waals surface area contributed by atoms with Gasteiger partial charge in [0.15, 0.2) is 0 Å². The number of aliphatic hydroxyl groups excluding tert-OH is 1. The number of hydrogen-bond acceptors (Lipinski definition) is 3. The number of hydrogen-bond donors (Lipinski definition) is 2. The van der Waals surface area contributed by atoms with Gasteiger partial charge in [0.2, 0.25) is 0 Å². The molecule has 0 radical (unpaired) electrons. The maximum atomic E-state index is 9.77. The van der Waals surface area contributed by atoms with Crippen LogP contribution in [0.1, 0.15) is 32.1 Å². The van der Waals surface area contributed by atoms with Crippen LogP contribution in [-0.2, 0) is 0 Å². The third kappa shape index (κ3) is 3.27. The summed E-state index contributed by atoms with van der Waals surface area (Å²) in [5, 5.41) is 17.5. The van der Waals surface area contributed by atoms with Crippen molar-refractivity contribution in [1.82, 2.24) is 9.78 Å². The van der Waals surface area contributed by atoms with Gasteiger partial charge in [-0.2, -0.15) is 5.10 Å². The zero-order valence-electron chi connectivity index (χ0n) is 12.3. The Balaban J connectivity index is 1.69. The van der Waals surface area contributed by atoms with Gasteiger partial charge in [-0.1, -0.05) is 25.3 Å². The molecule has 21 heavy (non-hydrogen) atoms. The van der Waals surface area contributed by atoms with E-state index in [-0.39, 0.29) is 12.0 Å². The molecular formula is C17H23N3O. The van der Waals surface area contributed by atoms with Crippen LogP contribution in [0.15, 0.2) is 42.7 Å². The Kier molecular flexibility index (Phi) is 4.25. The van der Waals surface area contributed by atoms with Crippen LogP contribution >= 0.6 is 0 Å². The minimum Gasteiger partial charge on any atom is -0.396 e. The Morgan fingerprint density at radius 2 is 2.05 bits per heavy atom. The quantitative estimate of drug-likeness (QED) is 0.886. The molecule has 4 nitrogen and oxygen atoms in total. The topological polar surface area (TPSA) is 50.1 Å². The molecule has 1 aliphatic carbocycles. The van der Waals surface area contributed by atoms with Crippen molar-refractivity contribution in [3.63, 3.8) is 0 Å². The van der Waals surface area contributed by atoms with E-state index in [0.717, 1.165) is 30.8 Å². The molecule has 4 heteroatoms. The predicted octanol–water partition coefficient (Wildman–Crippen LogP) is 3.23. The summed E-state index contributed by atoms with van der Waals surface area (Å²) >= 11 is 0. The summed E-state index contributed by atoms with van der Waals surface area (Å²) in [5.41, 5.74) is 2.19. The van der Waals surface area contributed by atoms with Crippen LogP contribution in [0.25, 0.3) is 5.69 Å². The molecule has 0 atom stereocenters. The first kappa shape index (κ1) is 14.1. The third-order valence-electron chi connectivity index (χ3n) is 4.53. The van der Waals surface area contributed by atoms with E-state index in [1.54, 1.807) is 6.20 Å². The van der Waals surface area contributed by atoms with E-state index < -0.39 is 0 Å². The number of anilines is 1. The summed E-state index contributed by atoms with van der Waals surface area (Å²) in [6.07, 6.45) is 9.73. The summed E-state index contributed by atoms with van der Waals surface area (Å²) in [6.45, 7) is 1.12. The molecule has 1 aliphatic rings. The van der Waals surface area contributed by atoms with E-state index in [1.165, 1.54) is 19.3 Å². The minimum absolute atomic E-state index is 0.0555. The molecule has 0 aliphatic heterocycles. The maximum Gasteiger partial charge on any atom is 0.0666 e. The molecule has 1 aromatic heterocycles. The Labute approximate surface area is 125 Å². The molecule has 3 rings (SSSR count). The van der Waals surface area contributed by atoms with Crippen LogP contribution in [0.5, 0.6) is 0 Å². The Morgan fingerprint density at radius 1 is 1.19 bits per heavy atom. The number of nitrogens with one attached hydrogen (secondary N) is 1. The van der Waals surface area contributed by atoms with E-state index in [1.807, 2.05) is 29.1 Å². The van der Waals surface area contributed by atoms with Gasteiger partial charge in [-0.05, 0) is 37.1 Å². The Morgan fingerprint density at radius 3 is 2.76 bits per heavy atom. The SMILES string of the molecule is OCC1(CNc2cccc(-n3cccn3)c2)CCCCC1. The van der Waals surface area contributed by atoms with Crippen molar-refractivity contribution < 1.29 is 5.11 Å². The van der Waals surface area contributed by atoms with Crippen molar-refractivity contribution in [2.75, 3.05) is 18.5 Å². The van der Waals surface area contributed by atoms with E-state index in [0.29, 0.717) is 0 Å². The largest absolute Gasteiger partial charge is 0.396 e. The minimum atomic E-state index is 0.0555. The van der Waals surface area contributed by atoms with Crippen molar-refractivity contribution in [3.8, 4) is 5.69 Å². The van der Waals surface area contributed by atoms with Gasteiger partial charge in [-0.25, -0.2) is 4.68 Å². The lowest BCUT2D eigenvalue weighted by molar-refractivity contribution is 0.0944. The van der Waals surface area contributed by atoms with Gasteiger partial charge >= 0.3 is 0 Å². The van der Waals surface area contributed by atoms with Crippen LogP contribution < -0.4 is 5.32 Å². The first-order chi connectivity index (χ1) is 10.3. The van der Waals surface area contributed by atoms with Crippen LogP contribution in [0.3, 0.4) is 0 Å². The van der Waals surface area contributed by atoms with E-state index in [2.05, 4.69) is 22.5 Å². The van der Waals surface area contributed by atoms with E-state index in [9.17, 15) is 5.11 Å². The molecular weight excluding hydrogens is 262 g/mol. The lowest BCUT2D eigenvalue weighted by Crippen LogP contribution is -2.35.